The van der Waals surface area contributed by atoms with Crippen LogP contribution in [0.5, 0.6) is 0 Å². The summed E-state index contributed by atoms with van der Waals surface area (Å²) in [6.07, 6.45) is 4.01. The van der Waals surface area contributed by atoms with E-state index in [1.54, 1.807) is 12.1 Å². The highest BCUT2D eigenvalue weighted by atomic mass is 35.5. The van der Waals surface area contributed by atoms with Crippen molar-refractivity contribution in [2.24, 2.45) is 0 Å². The molecule has 1 aromatic rings. The lowest BCUT2D eigenvalue weighted by atomic mass is 9.83. The zero-order valence-electron chi connectivity index (χ0n) is 13.9. The van der Waals surface area contributed by atoms with Gasteiger partial charge in [-0.2, -0.15) is 0 Å². The molecule has 22 heavy (non-hydrogen) atoms. The van der Waals surface area contributed by atoms with Gasteiger partial charge in [0.25, 0.3) is 0 Å². The zero-order chi connectivity index (χ0) is 16.9. The van der Waals surface area contributed by atoms with E-state index in [2.05, 4.69) is 26.8 Å². The standard InChI is InChI=1S/C18H25ClO3/c1-6-7-12(2)10-13(3)15-11-14(19)8-9-16(15)18(4,21)17(20)22-5/h7-9,11,13,21H,6,10H2,1-5H3/b12-7-. The third-order valence-corrected chi connectivity index (χ3v) is 4.07. The lowest BCUT2D eigenvalue weighted by Crippen LogP contribution is -2.34. The average Bonchev–Trinajstić information content (AvgIpc) is 2.45. The molecule has 1 N–H and O–H groups in total. The monoisotopic (exact) mass is 324 g/mol. The van der Waals surface area contributed by atoms with Gasteiger partial charge < -0.3 is 9.84 Å². The summed E-state index contributed by atoms with van der Waals surface area (Å²) in [6.45, 7) is 7.70. The minimum atomic E-state index is -1.69. The van der Waals surface area contributed by atoms with Crippen molar-refractivity contribution in [2.75, 3.05) is 7.11 Å². The van der Waals surface area contributed by atoms with Crippen LogP contribution in [0.25, 0.3) is 0 Å². The number of allylic oxidation sites excluding steroid dienone is 2. The fourth-order valence-corrected chi connectivity index (χ4v) is 2.90. The van der Waals surface area contributed by atoms with Crippen molar-refractivity contribution in [3.63, 3.8) is 0 Å². The zero-order valence-corrected chi connectivity index (χ0v) is 14.7. The Hall–Kier alpha value is -1.32. The first-order valence-electron chi connectivity index (χ1n) is 7.50. The summed E-state index contributed by atoms with van der Waals surface area (Å²) >= 11 is 6.11. The van der Waals surface area contributed by atoms with Crippen LogP contribution in [0.2, 0.25) is 5.02 Å². The van der Waals surface area contributed by atoms with Gasteiger partial charge in [0.15, 0.2) is 5.60 Å². The molecule has 0 radical (unpaired) electrons. The summed E-state index contributed by atoms with van der Waals surface area (Å²) in [5, 5.41) is 11.2. The fourth-order valence-electron chi connectivity index (χ4n) is 2.72. The van der Waals surface area contributed by atoms with E-state index in [0.717, 1.165) is 18.4 Å². The number of hydrogen-bond donors (Lipinski definition) is 1. The minimum Gasteiger partial charge on any atom is -0.467 e. The summed E-state index contributed by atoms with van der Waals surface area (Å²) in [5.74, 6) is -0.545. The molecule has 4 heteroatoms. The molecule has 3 nitrogen and oxygen atoms in total. The van der Waals surface area contributed by atoms with E-state index in [1.165, 1.54) is 19.6 Å². The Morgan fingerprint density at radius 3 is 2.68 bits per heavy atom. The van der Waals surface area contributed by atoms with Crippen molar-refractivity contribution < 1.29 is 14.6 Å². The molecule has 0 bridgehead atoms. The SMILES string of the molecule is CC/C=C(/C)CC(C)c1cc(Cl)ccc1C(C)(O)C(=O)OC. The van der Waals surface area contributed by atoms with Crippen molar-refractivity contribution >= 4 is 17.6 Å². The second-order valence-electron chi connectivity index (χ2n) is 5.86. The van der Waals surface area contributed by atoms with Gasteiger partial charge in [-0.25, -0.2) is 4.79 Å². The molecular formula is C18H25ClO3. The lowest BCUT2D eigenvalue weighted by molar-refractivity contribution is -0.161. The largest absolute Gasteiger partial charge is 0.467 e. The van der Waals surface area contributed by atoms with Gasteiger partial charge in [0, 0.05) is 5.02 Å². The summed E-state index contributed by atoms with van der Waals surface area (Å²) in [7, 11) is 1.27. The third-order valence-electron chi connectivity index (χ3n) is 3.83. The molecule has 0 saturated carbocycles. The van der Waals surface area contributed by atoms with E-state index < -0.39 is 11.6 Å². The average molecular weight is 325 g/mol. The summed E-state index contributed by atoms with van der Waals surface area (Å²) in [4.78, 5) is 11.9. The van der Waals surface area contributed by atoms with E-state index in [9.17, 15) is 9.90 Å². The lowest BCUT2D eigenvalue weighted by Gasteiger charge is -2.26. The molecule has 0 aliphatic rings. The van der Waals surface area contributed by atoms with Crippen LogP contribution in [0.15, 0.2) is 29.8 Å². The van der Waals surface area contributed by atoms with E-state index in [4.69, 9.17) is 16.3 Å². The topological polar surface area (TPSA) is 46.5 Å². The molecule has 0 aliphatic carbocycles. The number of ether oxygens (including phenoxy) is 1. The van der Waals surface area contributed by atoms with Crippen molar-refractivity contribution in [2.45, 2.75) is 52.1 Å². The molecule has 2 atom stereocenters. The van der Waals surface area contributed by atoms with E-state index in [-0.39, 0.29) is 5.92 Å². The van der Waals surface area contributed by atoms with E-state index in [1.807, 2.05) is 6.07 Å². The van der Waals surface area contributed by atoms with Gasteiger partial charge in [-0.15, -0.1) is 0 Å². The van der Waals surface area contributed by atoms with Crippen LogP contribution in [0.1, 0.15) is 57.6 Å². The number of carbonyl (C=O) groups is 1. The third kappa shape index (κ3) is 4.34. The minimum absolute atomic E-state index is 0.132. The van der Waals surface area contributed by atoms with E-state index >= 15 is 0 Å². The molecule has 1 rings (SSSR count). The quantitative estimate of drug-likeness (QED) is 0.616. The van der Waals surface area contributed by atoms with Crippen LogP contribution in [0.3, 0.4) is 0 Å². The van der Waals surface area contributed by atoms with Crippen molar-refractivity contribution in [1.82, 2.24) is 0 Å². The number of halogens is 1. The Morgan fingerprint density at radius 1 is 1.50 bits per heavy atom. The smallest absolute Gasteiger partial charge is 0.342 e. The van der Waals surface area contributed by atoms with Crippen LogP contribution < -0.4 is 0 Å². The highest BCUT2D eigenvalue weighted by Gasteiger charge is 2.36. The maximum Gasteiger partial charge on any atom is 0.342 e. The van der Waals surface area contributed by atoms with Gasteiger partial charge >= 0.3 is 5.97 Å². The first-order valence-corrected chi connectivity index (χ1v) is 7.88. The van der Waals surface area contributed by atoms with Gasteiger partial charge in [-0.3, -0.25) is 0 Å². The van der Waals surface area contributed by atoms with Crippen LogP contribution >= 0.6 is 11.6 Å². The van der Waals surface area contributed by atoms with Crippen LogP contribution in [-0.4, -0.2) is 18.2 Å². The first kappa shape index (κ1) is 18.7. The van der Waals surface area contributed by atoms with Gasteiger partial charge in [0.05, 0.1) is 7.11 Å². The predicted octanol–water partition coefficient (Wildman–Crippen LogP) is 4.57. The van der Waals surface area contributed by atoms with E-state index in [0.29, 0.717) is 10.6 Å². The number of methoxy groups -OCH3 is 1. The van der Waals surface area contributed by atoms with Gasteiger partial charge in [0.2, 0.25) is 0 Å². The van der Waals surface area contributed by atoms with Crippen LogP contribution in [0.4, 0.5) is 0 Å². The van der Waals surface area contributed by atoms with Crippen molar-refractivity contribution in [3.8, 4) is 0 Å². The molecule has 2 unspecified atom stereocenters. The molecule has 0 saturated heterocycles. The molecule has 0 aromatic heterocycles. The molecule has 122 valence electrons. The number of rotatable bonds is 6. The Bertz CT molecular complexity index is 561. The molecule has 0 aliphatic heterocycles. The van der Waals surface area contributed by atoms with Crippen molar-refractivity contribution in [1.29, 1.82) is 0 Å². The molecule has 0 amide bonds. The molecule has 1 aromatic carbocycles. The number of aliphatic hydroxyl groups is 1. The Morgan fingerprint density at radius 2 is 2.14 bits per heavy atom. The van der Waals surface area contributed by atoms with Gasteiger partial charge in [-0.05, 0) is 55.9 Å². The van der Waals surface area contributed by atoms with Crippen LogP contribution in [0, 0.1) is 0 Å². The van der Waals surface area contributed by atoms with Gasteiger partial charge in [0.1, 0.15) is 0 Å². The maximum atomic E-state index is 11.9. The number of carbonyl (C=O) groups excluding carboxylic acids is 1. The number of benzene rings is 1. The normalized spacial score (nSPS) is 16.0. The number of hydrogen-bond acceptors (Lipinski definition) is 3. The second-order valence-corrected chi connectivity index (χ2v) is 6.30. The Balaban J connectivity index is 3.27. The molecule has 0 fully saturated rings. The summed E-state index contributed by atoms with van der Waals surface area (Å²) < 4.78 is 4.72. The second kappa shape index (κ2) is 7.80. The van der Waals surface area contributed by atoms with Crippen molar-refractivity contribution in [3.05, 3.63) is 46.0 Å². The summed E-state index contributed by atoms with van der Waals surface area (Å²) in [6, 6.07) is 5.20. The number of esters is 1. The summed E-state index contributed by atoms with van der Waals surface area (Å²) in [5.41, 5.74) is 0.997. The van der Waals surface area contributed by atoms with Gasteiger partial charge in [-0.1, -0.05) is 43.2 Å². The first-order chi connectivity index (χ1) is 10.2. The Kier molecular flexibility index (Phi) is 6.64. The highest BCUT2D eigenvalue weighted by molar-refractivity contribution is 6.30. The predicted molar refractivity (Wildman–Crippen MR) is 90.1 cm³/mol. The Labute approximate surface area is 137 Å². The van der Waals surface area contributed by atoms with Crippen LogP contribution in [-0.2, 0) is 15.1 Å². The maximum absolute atomic E-state index is 11.9. The fraction of sp³-hybridized carbons (Fsp3) is 0.500. The molecule has 0 heterocycles. The molecule has 0 spiro atoms. The highest BCUT2D eigenvalue weighted by Crippen LogP contribution is 2.35. The molecular weight excluding hydrogens is 300 g/mol.